The number of nitrogens with one attached hydrogen (secondary N) is 1. The summed E-state index contributed by atoms with van der Waals surface area (Å²) < 4.78 is 33.8. The van der Waals surface area contributed by atoms with Gasteiger partial charge in [-0.3, -0.25) is 4.79 Å². The molecule has 0 spiro atoms. The van der Waals surface area contributed by atoms with Gasteiger partial charge in [-0.05, 0) is 42.0 Å². The van der Waals surface area contributed by atoms with Gasteiger partial charge in [0.1, 0.15) is 17.4 Å². The molecule has 0 atom stereocenters. The van der Waals surface area contributed by atoms with Gasteiger partial charge in [0.05, 0.1) is 18.2 Å². The second-order valence-electron chi connectivity index (χ2n) is 6.31. The standard InChI is InChI=1S/C22H16ClF2NO4/c1-30-19-8-5-12(15-3-2-4-17(20(15)25)22(28)29)9-13(19)11-26-21(27)16-7-6-14(23)10-18(16)24/h2-10H,11H2,1H3,(H,26,27)(H,28,29). The smallest absolute Gasteiger partial charge is 0.338 e. The summed E-state index contributed by atoms with van der Waals surface area (Å²) in [6.07, 6.45) is 0. The number of benzene rings is 3. The Kier molecular flexibility index (Phi) is 6.32. The third-order valence-electron chi connectivity index (χ3n) is 4.44. The Morgan fingerprint density at radius 1 is 1.07 bits per heavy atom. The molecule has 30 heavy (non-hydrogen) atoms. The van der Waals surface area contributed by atoms with E-state index in [1.807, 2.05) is 0 Å². The molecule has 8 heteroatoms. The fourth-order valence-corrected chi connectivity index (χ4v) is 3.11. The van der Waals surface area contributed by atoms with Crippen molar-refractivity contribution in [1.29, 1.82) is 0 Å². The molecule has 5 nitrogen and oxygen atoms in total. The molecule has 0 aromatic heterocycles. The topological polar surface area (TPSA) is 75.6 Å². The third kappa shape index (κ3) is 4.41. The monoisotopic (exact) mass is 431 g/mol. The van der Waals surface area contributed by atoms with Crippen LogP contribution in [0.1, 0.15) is 26.3 Å². The summed E-state index contributed by atoms with van der Waals surface area (Å²) in [6.45, 7) is -0.0296. The average molecular weight is 432 g/mol. The van der Waals surface area contributed by atoms with Gasteiger partial charge >= 0.3 is 5.97 Å². The van der Waals surface area contributed by atoms with Crippen molar-refractivity contribution in [3.8, 4) is 16.9 Å². The molecule has 3 rings (SSSR count). The summed E-state index contributed by atoms with van der Waals surface area (Å²) in [5, 5.41) is 11.9. The van der Waals surface area contributed by atoms with Gasteiger partial charge in [0, 0.05) is 22.7 Å². The van der Waals surface area contributed by atoms with Crippen LogP contribution < -0.4 is 10.1 Å². The fraction of sp³-hybridized carbons (Fsp3) is 0.0909. The van der Waals surface area contributed by atoms with E-state index in [2.05, 4.69) is 5.32 Å². The van der Waals surface area contributed by atoms with Crippen LogP contribution in [0.4, 0.5) is 8.78 Å². The van der Waals surface area contributed by atoms with Crippen LogP contribution in [0.15, 0.2) is 54.6 Å². The van der Waals surface area contributed by atoms with E-state index in [4.69, 9.17) is 21.4 Å². The molecule has 0 fully saturated rings. The molecule has 0 radical (unpaired) electrons. The number of amides is 1. The van der Waals surface area contributed by atoms with Crippen LogP contribution in [0.25, 0.3) is 11.1 Å². The quantitative estimate of drug-likeness (QED) is 0.580. The number of halogens is 3. The Bertz CT molecular complexity index is 1130. The summed E-state index contributed by atoms with van der Waals surface area (Å²) in [6, 6.07) is 12.5. The van der Waals surface area contributed by atoms with Gasteiger partial charge in [0.2, 0.25) is 0 Å². The zero-order valence-electron chi connectivity index (χ0n) is 15.7. The Balaban J connectivity index is 1.90. The Hall–Kier alpha value is -3.45. The molecular weight excluding hydrogens is 416 g/mol. The molecule has 3 aromatic carbocycles. The molecule has 154 valence electrons. The molecule has 2 N–H and O–H groups in total. The summed E-state index contributed by atoms with van der Waals surface area (Å²) in [4.78, 5) is 23.5. The number of rotatable bonds is 6. The number of carboxylic acid groups (broad SMARTS) is 1. The van der Waals surface area contributed by atoms with Crippen molar-refractivity contribution in [2.24, 2.45) is 0 Å². The molecule has 0 bridgehead atoms. The van der Waals surface area contributed by atoms with Crippen LogP contribution in [0, 0.1) is 11.6 Å². The van der Waals surface area contributed by atoms with Crippen LogP contribution in [0.2, 0.25) is 5.02 Å². The predicted molar refractivity (Wildman–Crippen MR) is 108 cm³/mol. The van der Waals surface area contributed by atoms with E-state index in [1.165, 1.54) is 37.4 Å². The maximum atomic E-state index is 14.6. The van der Waals surface area contributed by atoms with Crippen molar-refractivity contribution in [1.82, 2.24) is 5.32 Å². The summed E-state index contributed by atoms with van der Waals surface area (Å²) in [5.41, 5.74) is 0.371. The normalized spacial score (nSPS) is 10.5. The highest BCUT2D eigenvalue weighted by Crippen LogP contribution is 2.30. The number of carbonyl (C=O) groups is 2. The largest absolute Gasteiger partial charge is 0.496 e. The Morgan fingerprint density at radius 3 is 2.50 bits per heavy atom. The van der Waals surface area contributed by atoms with Gasteiger partial charge in [-0.25, -0.2) is 13.6 Å². The van der Waals surface area contributed by atoms with Crippen molar-refractivity contribution in [3.05, 3.63) is 87.9 Å². The van der Waals surface area contributed by atoms with Crippen LogP contribution in [-0.4, -0.2) is 24.1 Å². The number of carboxylic acids is 1. The highest BCUT2D eigenvalue weighted by molar-refractivity contribution is 6.30. The first-order chi connectivity index (χ1) is 14.3. The Morgan fingerprint density at radius 2 is 1.83 bits per heavy atom. The molecular formula is C22H16ClF2NO4. The molecule has 0 saturated heterocycles. The first-order valence-electron chi connectivity index (χ1n) is 8.74. The summed E-state index contributed by atoms with van der Waals surface area (Å²) >= 11 is 5.70. The van der Waals surface area contributed by atoms with Crippen molar-refractivity contribution in [2.75, 3.05) is 7.11 Å². The van der Waals surface area contributed by atoms with E-state index in [-0.39, 0.29) is 22.7 Å². The lowest BCUT2D eigenvalue weighted by molar-refractivity contribution is 0.0691. The van der Waals surface area contributed by atoms with Crippen LogP contribution >= 0.6 is 11.6 Å². The highest BCUT2D eigenvalue weighted by Gasteiger charge is 2.17. The first-order valence-corrected chi connectivity index (χ1v) is 9.12. The lowest BCUT2D eigenvalue weighted by Gasteiger charge is -2.13. The molecule has 3 aromatic rings. The Labute approximate surface area is 175 Å². The zero-order chi connectivity index (χ0) is 21.8. The summed E-state index contributed by atoms with van der Waals surface area (Å²) in [5.74, 6) is -3.23. The molecule has 0 aliphatic rings. The second-order valence-corrected chi connectivity index (χ2v) is 6.74. The number of hydrogen-bond acceptors (Lipinski definition) is 3. The van der Waals surface area contributed by atoms with Crippen LogP contribution in [0.3, 0.4) is 0 Å². The molecule has 0 saturated carbocycles. The van der Waals surface area contributed by atoms with E-state index in [0.29, 0.717) is 16.9 Å². The fourth-order valence-electron chi connectivity index (χ4n) is 2.95. The predicted octanol–water partition coefficient (Wildman–Crippen LogP) is 4.92. The van der Waals surface area contributed by atoms with Crippen molar-refractivity contribution in [3.63, 3.8) is 0 Å². The van der Waals surface area contributed by atoms with E-state index >= 15 is 0 Å². The van der Waals surface area contributed by atoms with E-state index in [9.17, 15) is 18.4 Å². The van der Waals surface area contributed by atoms with Gasteiger partial charge in [0.25, 0.3) is 5.91 Å². The van der Waals surface area contributed by atoms with E-state index in [1.54, 1.807) is 18.2 Å². The van der Waals surface area contributed by atoms with Crippen molar-refractivity contribution < 1.29 is 28.2 Å². The molecule has 1 amide bonds. The number of methoxy groups -OCH3 is 1. The van der Waals surface area contributed by atoms with Crippen molar-refractivity contribution >= 4 is 23.5 Å². The molecule has 0 unspecified atom stereocenters. The molecule has 0 heterocycles. The maximum absolute atomic E-state index is 14.6. The van der Waals surface area contributed by atoms with Gasteiger partial charge in [-0.2, -0.15) is 0 Å². The number of hydrogen-bond donors (Lipinski definition) is 2. The second kappa shape index (κ2) is 8.92. The highest BCUT2D eigenvalue weighted by atomic mass is 35.5. The minimum Gasteiger partial charge on any atom is -0.496 e. The minimum absolute atomic E-state index is 0.0296. The van der Waals surface area contributed by atoms with Crippen LogP contribution in [-0.2, 0) is 6.54 Å². The maximum Gasteiger partial charge on any atom is 0.338 e. The van der Waals surface area contributed by atoms with Gasteiger partial charge in [-0.15, -0.1) is 0 Å². The summed E-state index contributed by atoms with van der Waals surface area (Å²) in [7, 11) is 1.44. The lowest BCUT2D eigenvalue weighted by atomic mass is 9.99. The van der Waals surface area contributed by atoms with E-state index in [0.717, 1.165) is 6.07 Å². The SMILES string of the molecule is COc1ccc(-c2cccc(C(=O)O)c2F)cc1CNC(=O)c1ccc(Cl)cc1F. The zero-order valence-corrected chi connectivity index (χ0v) is 16.5. The van der Waals surface area contributed by atoms with Gasteiger partial charge in [-0.1, -0.05) is 29.8 Å². The molecule has 0 aliphatic carbocycles. The first kappa shape index (κ1) is 21.3. The number of carbonyl (C=O) groups excluding carboxylic acids is 1. The third-order valence-corrected chi connectivity index (χ3v) is 4.67. The van der Waals surface area contributed by atoms with Crippen molar-refractivity contribution in [2.45, 2.75) is 6.54 Å². The number of aromatic carboxylic acids is 1. The van der Waals surface area contributed by atoms with E-state index < -0.39 is 29.1 Å². The minimum atomic E-state index is -1.37. The number of ether oxygens (including phenoxy) is 1. The molecule has 0 aliphatic heterocycles. The lowest BCUT2D eigenvalue weighted by Crippen LogP contribution is -2.24. The van der Waals surface area contributed by atoms with Gasteiger partial charge in [0.15, 0.2) is 0 Å². The van der Waals surface area contributed by atoms with Crippen LogP contribution in [0.5, 0.6) is 5.75 Å². The average Bonchev–Trinajstić information content (AvgIpc) is 2.71. The van der Waals surface area contributed by atoms with Gasteiger partial charge < -0.3 is 15.2 Å².